The molecule has 92 valence electrons. The number of fused-ring (bicyclic) bond motifs is 1. The molecule has 1 aliphatic rings. The van der Waals surface area contributed by atoms with Gasteiger partial charge in [-0.05, 0) is 54.3 Å². The molecule has 0 atom stereocenters. The van der Waals surface area contributed by atoms with E-state index in [1.165, 1.54) is 16.7 Å². The second-order valence-electron chi connectivity index (χ2n) is 4.55. The van der Waals surface area contributed by atoms with Crippen LogP contribution in [0.1, 0.15) is 16.7 Å². The maximum absolute atomic E-state index is 5.69. The number of aryl methyl sites for hydroxylation is 1. The fraction of sp³-hybridized carbons (Fsp3) is 0.200. The Bertz CT molecular complexity index is 576. The van der Waals surface area contributed by atoms with E-state index < -0.39 is 0 Å². The van der Waals surface area contributed by atoms with Gasteiger partial charge in [0.15, 0.2) is 11.5 Å². The monoisotopic (exact) mass is 241 g/mol. The van der Waals surface area contributed by atoms with Crippen molar-refractivity contribution in [3.8, 4) is 11.5 Å². The normalized spacial score (nSPS) is 12.7. The van der Waals surface area contributed by atoms with E-state index in [4.69, 9.17) is 15.2 Å². The van der Waals surface area contributed by atoms with E-state index in [1.807, 2.05) is 18.2 Å². The zero-order valence-electron chi connectivity index (χ0n) is 10.3. The minimum absolute atomic E-state index is 0.320. The lowest BCUT2D eigenvalue weighted by Gasteiger charge is -2.08. The lowest BCUT2D eigenvalue weighted by Crippen LogP contribution is -1.93. The number of rotatable bonds is 2. The lowest BCUT2D eigenvalue weighted by atomic mass is 10.00. The van der Waals surface area contributed by atoms with Crippen molar-refractivity contribution in [2.75, 3.05) is 12.5 Å². The molecule has 0 radical (unpaired) electrons. The van der Waals surface area contributed by atoms with Crippen LogP contribution in [0.5, 0.6) is 11.5 Å². The minimum Gasteiger partial charge on any atom is -0.454 e. The highest BCUT2D eigenvalue weighted by Crippen LogP contribution is 2.35. The smallest absolute Gasteiger partial charge is 0.231 e. The average Bonchev–Trinajstić information content (AvgIpc) is 2.79. The molecule has 0 amide bonds. The van der Waals surface area contributed by atoms with Gasteiger partial charge >= 0.3 is 0 Å². The molecule has 3 nitrogen and oxygen atoms in total. The molecule has 0 saturated carbocycles. The summed E-state index contributed by atoms with van der Waals surface area (Å²) in [6.07, 6.45) is 0.878. The summed E-state index contributed by atoms with van der Waals surface area (Å²) < 4.78 is 10.8. The first-order valence-electron chi connectivity index (χ1n) is 5.96. The highest BCUT2D eigenvalue weighted by molar-refractivity contribution is 5.50. The van der Waals surface area contributed by atoms with Crippen molar-refractivity contribution < 1.29 is 9.47 Å². The van der Waals surface area contributed by atoms with E-state index in [0.29, 0.717) is 6.79 Å². The fourth-order valence-electron chi connectivity index (χ4n) is 2.13. The van der Waals surface area contributed by atoms with Crippen LogP contribution in [-0.2, 0) is 6.42 Å². The van der Waals surface area contributed by atoms with Crippen LogP contribution in [-0.4, -0.2) is 6.79 Å². The van der Waals surface area contributed by atoms with Crippen LogP contribution in [0.3, 0.4) is 0 Å². The first-order chi connectivity index (χ1) is 8.72. The van der Waals surface area contributed by atoms with Gasteiger partial charge in [0.05, 0.1) is 0 Å². The zero-order valence-corrected chi connectivity index (χ0v) is 10.3. The predicted octanol–water partition coefficient (Wildman–Crippen LogP) is 2.90. The number of ether oxygens (including phenoxy) is 2. The first kappa shape index (κ1) is 11.0. The van der Waals surface area contributed by atoms with Crippen molar-refractivity contribution >= 4 is 5.69 Å². The molecule has 1 aliphatic heterocycles. The number of benzene rings is 2. The van der Waals surface area contributed by atoms with Crippen molar-refractivity contribution in [1.29, 1.82) is 0 Å². The Morgan fingerprint density at radius 1 is 1.06 bits per heavy atom. The summed E-state index contributed by atoms with van der Waals surface area (Å²) in [5.74, 6) is 1.68. The molecule has 3 rings (SSSR count). The number of hydrogen-bond donors (Lipinski definition) is 1. The third kappa shape index (κ3) is 1.99. The van der Waals surface area contributed by atoms with Gasteiger partial charge < -0.3 is 15.2 Å². The van der Waals surface area contributed by atoms with Gasteiger partial charge in [0.1, 0.15) is 0 Å². The Hall–Kier alpha value is -2.16. The minimum atomic E-state index is 0.320. The van der Waals surface area contributed by atoms with E-state index in [-0.39, 0.29) is 0 Å². The second-order valence-corrected chi connectivity index (χ2v) is 4.55. The molecule has 2 N–H and O–H groups in total. The van der Waals surface area contributed by atoms with Gasteiger partial charge in [-0.15, -0.1) is 0 Å². The Labute approximate surface area is 106 Å². The van der Waals surface area contributed by atoms with Gasteiger partial charge in [-0.1, -0.05) is 12.1 Å². The lowest BCUT2D eigenvalue weighted by molar-refractivity contribution is 0.174. The van der Waals surface area contributed by atoms with E-state index in [2.05, 4.69) is 25.1 Å². The molecule has 0 aromatic heterocycles. The van der Waals surface area contributed by atoms with Crippen molar-refractivity contribution in [2.24, 2.45) is 0 Å². The van der Waals surface area contributed by atoms with Crippen molar-refractivity contribution in [3.63, 3.8) is 0 Å². The molecule has 0 fully saturated rings. The summed E-state index contributed by atoms with van der Waals surface area (Å²) in [7, 11) is 0. The molecule has 3 heteroatoms. The Kier molecular flexibility index (Phi) is 2.59. The van der Waals surface area contributed by atoms with Gasteiger partial charge in [-0.2, -0.15) is 0 Å². The summed E-state index contributed by atoms with van der Waals surface area (Å²) in [5, 5.41) is 0. The predicted molar refractivity (Wildman–Crippen MR) is 71.0 cm³/mol. The zero-order chi connectivity index (χ0) is 12.5. The summed E-state index contributed by atoms with van der Waals surface area (Å²) in [4.78, 5) is 0. The summed E-state index contributed by atoms with van der Waals surface area (Å²) >= 11 is 0. The SMILES string of the molecule is Cc1cc2c(cc1Cc1ccc(N)cc1)OCO2. The third-order valence-corrected chi connectivity index (χ3v) is 3.21. The highest BCUT2D eigenvalue weighted by atomic mass is 16.7. The maximum Gasteiger partial charge on any atom is 0.231 e. The van der Waals surface area contributed by atoms with E-state index in [0.717, 1.165) is 23.6 Å². The van der Waals surface area contributed by atoms with Gasteiger partial charge in [-0.3, -0.25) is 0 Å². The fourth-order valence-corrected chi connectivity index (χ4v) is 2.13. The third-order valence-electron chi connectivity index (χ3n) is 3.21. The molecule has 0 aliphatic carbocycles. The molecule has 0 saturated heterocycles. The van der Waals surface area contributed by atoms with Crippen LogP contribution in [0.25, 0.3) is 0 Å². The van der Waals surface area contributed by atoms with Gasteiger partial charge in [0.2, 0.25) is 6.79 Å². The number of nitrogen functional groups attached to an aromatic ring is 1. The standard InChI is InChI=1S/C15H15NO2/c1-10-6-14-15(18-9-17-14)8-12(10)7-11-2-4-13(16)5-3-11/h2-6,8H,7,9,16H2,1H3. The molecule has 2 aromatic carbocycles. The van der Waals surface area contributed by atoms with Gasteiger partial charge in [0.25, 0.3) is 0 Å². The van der Waals surface area contributed by atoms with E-state index in [1.54, 1.807) is 0 Å². The van der Waals surface area contributed by atoms with Gasteiger partial charge in [-0.25, -0.2) is 0 Å². The summed E-state index contributed by atoms with van der Waals surface area (Å²) in [6, 6.07) is 12.1. The molecule has 1 heterocycles. The van der Waals surface area contributed by atoms with Crippen LogP contribution in [0.15, 0.2) is 36.4 Å². The Balaban J connectivity index is 1.90. The van der Waals surface area contributed by atoms with Crippen LogP contribution < -0.4 is 15.2 Å². The van der Waals surface area contributed by atoms with Crippen molar-refractivity contribution in [2.45, 2.75) is 13.3 Å². The van der Waals surface area contributed by atoms with Crippen molar-refractivity contribution in [1.82, 2.24) is 0 Å². The van der Waals surface area contributed by atoms with Crippen LogP contribution >= 0.6 is 0 Å². The van der Waals surface area contributed by atoms with Crippen LogP contribution in [0, 0.1) is 6.92 Å². The quantitative estimate of drug-likeness (QED) is 0.822. The topological polar surface area (TPSA) is 44.5 Å². The molecule has 0 bridgehead atoms. The number of anilines is 1. The number of nitrogens with two attached hydrogens (primary N) is 1. The molecule has 0 unspecified atom stereocenters. The first-order valence-corrected chi connectivity index (χ1v) is 5.96. The van der Waals surface area contributed by atoms with E-state index in [9.17, 15) is 0 Å². The second kappa shape index (κ2) is 4.26. The summed E-state index contributed by atoms with van der Waals surface area (Å²) in [5.41, 5.74) is 10.2. The molecule has 18 heavy (non-hydrogen) atoms. The van der Waals surface area contributed by atoms with Crippen LogP contribution in [0.4, 0.5) is 5.69 Å². The average molecular weight is 241 g/mol. The van der Waals surface area contributed by atoms with Crippen LogP contribution in [0.2, 0.25) is 0 Å². The number of hydrogen-bond acceptors (Lipinski definition) is 3. The maximum atomic E-state index is 5.69. The highest BCUT2D eigenvalue weighted by Gasteiger charge is 2.15. The largest absolute Gasteiger partial charge is 0.454 e. The molecular formula is C15H15NO2. The molecule has 2 aromatic rings. The Morgan fingerprint density at radius 3 is 2.44 bits per heavy atom. The Morgan fingerprint density at radius 2 is 1.72 bits per heavy atom. The summed E-state index contributed by atoms with van der Waals surface area (Å²) in [6.45, 7) is 2.41. The molecular weight excluding hydrogens is 226 g/mol. The van der Waals surface area contributed by atoms with Crippen molar-refractivity contribution in [3.05, 3.63) is 53.1 Å². The van der Waals surface area contributed by atoms with E-state index >= 15 is 0 Å². The molecule has 0 spiro atoms. The van der Waals surface area contributed by atoms with Gasteiger partial charge in [0, 0.05) is 5.69 Å².